The van der Waals surface area contributed by atoms with Crippen LogP contribution in [-0.4, -0.2) is 19.9 Å². The lowest BCUT2D eigenvalue weighted by molar-refractivity contribution is 0.0999. The average molecular weight is 481 g/mol. The maximum Gasteiger partial charge on any atom is 0.251 e. The predicted octanol–water partition coefficient (Wildman–Crippen LogP) is 4.42. The van der Waals surface area contributed by atoms with Gasteiger partial charge in [0.05, 0.1) is 6.04 Å². The van der Waals surface area contributed by atoms with Gasteiger partial charge in [-0.05, 0) is 85.1 Å². The molecule has 4 aromatic rings. The molecule has 1 unspecified atom stereocenters. The monoisotopic (exact) mass is 480 g/mol. The summed E-state index contributed by atoms with van der Waals surface area (Å²) in [5.74, 6) is -0.453. The first-order valence-corrected chi connectivity index (χ1v) is 10.9. The summed E-state index contributed by atoms with van der Waals surface area (Å²) in [6.07, 6.45) is 4.46. The zero-order valence-electron chi connectivity index (χ0n) is 18.0. The normalized spacial score (nSPS) is 12.4. The van der Waals surface area contributed by atoms with Crippen LogP contribution in [0.15, 0.2) is 52.0 Å². The van der Waals surface area contributed by atoms with Gasteiger partial charge in [0.1, 0.15) is 0 Å². The maximum atomic E-state index is 12.7. The number of nitrogens with two attached hydrogens (primary N) is 1. The highest BCUT2D eigenvalue weighted by Gasteiger charge is 2.23. The average Bonchev–Trinajstić information content (AvgIpc) is 3.32. The van der Waals surface area contributed by atoms with E-state index >= 15 is 0 Å². The molecular formula is C24H25BrN4O2. The smallest absolute Gasteiger partial charge is 0.251 e. The molecule has 6 nitrogen and oxygen atoms in total. The second-order valence-electron chi connectivity index (χ2n) is 8.06. The van der Waals surface area contributed by atoms with Gasteiger partial charge < -0.3 is 19.7 Å². The Labute approximate surface area is 188 Å². The number of hydrogen-bond donors (Lipinski definition) is 2. The molecule has 0 radical (unpaired) electrons. The molecule has 4 aromatic heterocycles. The van der Waals surface area contributed by atoms with Crippen LogP contribution in [-0.2, 0) is 6.42 Å². The third-order valence-corrected chi connectivity index (χ3v) is 6.66. The molecule has 3 N–H and O–H groups in total. The second-order valence-corrected chi connectivity index (χ2v) is 8.91. The Morgan fingerprint density at radius 3 is 2.45 bits per heavy atom. The number of amides is 1. The molecule has 0 fully saturated rings. The summed E-state index contributed by atoms with van der Waals surface area (Å²) in [4.78, 5) is 27.8. The molecule has 4 rings (SSSR count). The zero-order chi connectivity index (χ0) is 22.4. The van der Waals surface area contributed by atoms with E-state index in [-0.39, 0.29) is 11.6 Å². The lowest BCUT2D eigenvalue weighted by Crippen LogP contribution is -2.20. The fraction of sp³-hybridized carbons (Fsp3) is 0.250. The molecule has 0 saturated heterocycles. The van der Waals surface area contributed by atoms with E-state index in [1.165, 1.54) is 0 Å². The Balaban J connectivity index is 2.02. The number of hydrogen-bond acceptors (Lipinski definition) is 2. The number of primary amides is 1. The first kappa shape index (κ1) is 21.2. The van der Waals surface area contributed by atoms with E-state index in [2.05, 4.69) is 36.8 Å². The first-order valence-electron chi connectivity index (χ1n) is 10.1. The van der Waals surface area contributed by atoms with Crippen LogP contribution in [0.5, 0.6) is 0 Å². The molecule has 1 atom stereocenters. The van der Waals surface area contributed by atoms with Crippen molar-refractivity contribution in [3.05, 3.63) is 96.9 Å². The third-order valence-electron chi connectivity index (χ3n) is 5.97. The number of rotatable bonds is 5. The van der Waals surface area contributed by atoms with Gasteiger partial charge in [0.25, 0.3) is 5.56 Å². The van der Waals surface area contributed by atoms with Crippen molar-refractivity contribution in [2.45, 2.75) is 40.2 Å². The Kier molecular flexibility index (Phi) is 5.39. The molecule has 160 valence electrons. The van der Waals surface area contributed by atoms with Gasteiger partial charge in [-0.1, -0.05) is 0 Å². The zero-order valence-corrected chi connectivity index (χ0v) is 19.6. The minimum atomic E-state index is -0.453. The molecule has 0 saturated carbocycles. The van der Waals surface area contributed by atoms with Crippen LogP contribution in [0.3, 0.4) is 0 Å². The van der Waals surface area contributed by atoms with Gasteiger partial charge in [-0.3, -0.25) is 9.59 Å². The molecule has 0 bridgehead atoms. The van der Waals surface area contributed by atoms with Gasteiger partial charge >= 0.3 is 0 Å². The summed E-state index contributed by atoms with van der Waals surface area (Å²) in [6.45, 7) is 7.86. The number of aryl methyl sites for hydroxylation is 2. The molecule has 1 amide bonds. The van der Waals surface area contributed by atoms with Crippen molar-refractivity contribution in [1.29, 1.82) is 0 Å². The van der Waals surface area contributed by atoms with Crippen molar-refractivity contribution >= 4 is 27.4 Å². The third kappa shape index (κ3) is 3.63. The summed E-state index contributed by atoms with van der Waals surface area (Å²) in [7, 11) is 0. The van der Waals surface area contributed by atoms with Gasteiger partial charge in [-0.2, -0.15) is 0 Å². The van der Waals surface area contributed by atoms with Crippen LogP contribution in [0, 0.1) is 20.8 Å². The van der Waals surface area contributed by atoms with Crippen LogP contribution < -0.4 is 11.3 Å². The van der Waals surface area contributed by atoms with Crippen LogP contribution in [0.4, 0.5) is 0 Å². The standard InChI is InChI=1S/C24H25BrN4O2/c1-13-9-14(2)27-24(31)18(13)12-21-20(25)11-17-10-19(23(26)30)15(3)22(29(17)21)16(4)28-7-5-6-8-28/h5-11,16H,12H2,1-4H3,(H2,26,30)(H,27,31). The maximum absolute atomic E-state index is 12.7. The van der Waals surface area contributed by atoms with E-state index in [1.54, 1.807) is 0 Å². The minimum Gasteiger partial charge on any atom is -0.366 e. The molecule has 0 spiro atoms. The summed E-state index contributed by atoms with van der Waals surface area (Å²) >= 11 is 3.69. The topological polar surface area (TPSA) is 85.3 Å². The van der Waals surface area contributed by atoms with Crippen molar-refractivity contribution in [2.24, 2.45) is 5.73 Å². The number of nitrogens with one attached hydrogen (secondary N) is 1. The van der Waals surface area contributed by atoms with Crippen molar-refractivity contribution in [3.8, 4) is 0 Å². The van der Waals surface area contributed by atoms with E-state index in [0.717, 1.165) is 43.8 Å². The molecule has 0 aliphatic rings. The number of H-pyrrole nitrogens is 1. The Hall–Kier alpha value is -3.06. The molecular weight excluding hydrogens is 456 g/mol. The molecule has 0 aliphatic carbocycles. The molecule has 0 aliphatic heterocycles. The van der Waals surface area contributed by atoms with Crippen LogP contribution >= 0.6 is 15.9 Å². The Morgan fingerprint density at radius 1 is 1.16 bits per heavy atom. The molecule has 4 heterocycles. The summed E-state index contributed by atoms with van der Waals surface area (Å²) in [6, 6.07) is 9.69. The fourth-order valence-electron chi connectivity index (χ4n) is 4.43. The van der Waals surface area contributed by atoms with E-state index in [4.69, 9.17) is 5.73 Å². The van der Waals surface area contributed by atoms with Crippen molar-refractivity contribution in [3.63, 3.8) is 0 Å². The highest BCUT2D eigenvalue weighted by atomic mass is 79.9. The number of carbonyl (C=O) groups is 1. The van der Waals surface area contributed by atoms with Gasteiger partial charge in [-0.15, -0.1) is 0 Å². The molecule has 0 aromatic carbocycles. The largest absolute Gasteiger partial charge is 0.366 e. The van der Waals surface area contributed by atoms with Gasteiger partial charge in [0, 0.05) is 57.0 Å². The number of aromatic nitrogens is 3. The fourth-order valence-corrected chi connectivity index (χ4v) is 4.98. The Morgan fingerprint density at radius 2 is 1.84 bits per heavy atom. The van der Waals surface area contributed by atoms with Gasteiger partial charge in [0.15, 0.2) is 0 Å². The predicted molar refractivity (Wildman–Crippen MR) is 126 cm³/mol. The first-order chi connectivity index (χ1) is 14.7. The van der Waals surface area contributed by atoms with E-state index in [9.17, 15) is 9.59 Å². The van der Waals surface area contributed by atoms with Gasteiger partial charge in [0.2, 0.25) is 5.91 Å². The number of fused-ring (bicyclic) bond motifs is 1. The SMILES string of the molecule is Cc1cc(C)c(Cc2c(Br)cc3cc(C(N)=O)c(C)c(C(C)n4cccc4)n23)c(=O)[nH]1. The number of nitrogens with zero attached hydrogens (tertiary/aromatic N) is 2. The summed E-state index contributed by atoms with van der Waals surface area (Å²) < 4.78 is 5.12. The van der Waals surface area contributed by atoms with Crippen LogP contribution in [0.25, 0.3) is 5.52 Å². The highest BCUT2D eigenvalue weighted by molar-refractivity contribution is 9.10. The van der Waals surface area contributed by atoms with Crippen molar-refractivity contribution in [1.82, 2.24) is 14.0 Å². The molecule has 31 heavy (non-hydrogen) atoms. The van der Waals surface area contributed by atoms with Crippen molar-refractivity contribution < 1.29 is 4.79 Å². The second kappa shape index (κ2) is 7.89. The Bertz CT molecular complexity index is 1360. The lowest BCUT2D eigenvalue weighted by Gasteiger charge is -2.22. The number of pyridine rings is 2. The van der Waals surface area contributed by atoms with E-state index in [1.807, 2.05) is 63.5 Å². The number of halogens is 1. The van der Waals surface area contributed by atoms with E-state index < -0.39 is 5.91 Å². The lowest BCUT2D eigenvalue weighted by atomic mass is 10.0. The summed E-state index contributed by atoms with van der Waals surface area (Å²) in [5.41, 5.74) is 12.3. The summed E-state index contributed by atoms with van der Waals surface area (Å²) in [5, 5.41) is 0. The quantitative estimate of drug-likeness (QED) is 0.443. The highest BCUT2D eigenvalue weighted by Crippen LogP contribution is 2.33. The van der Waals surface area contributed by atoms with Crippen molar-refractivity contribution in [2.75, 3.05) is 0 Å². The van der Waals surface area contributed by atoms with Gasteiger partial charge in [-0.25, -0.2) is 0 Å². The minimum absolute atomic E-state index is 0.0488. The van der Waals surface area contributed by atoms with Crippen LogP contribution in [0.1, 0.15) is 57.1 Å². The number of carbonyl (C=O) groups excluding carboxylic acids is 1. The number of aromatic amines is 1. The van der Waals surface area contributed by atoms with E-state index in [0.29, 0.717) is 12.0 Å². The molecule has 7 heteroatoms. The van der Waals surface area contributed by atoms with Crippen LogP contribution in [0.2, 0.25) is 0 Å².